The van der Waals surface area contributed by atoms with Crippen molar-refractivity contribution < 1.29 is 14.6 Å². The molecule has 0 bridgehead atoms. The monoisotopic (exact) mass is 427 g/mol. The molecule has 7 nitrogen and oxygen atoms in total. The Hall–Kier alpha value is -2.81. The first-order valence-electron chi connectivity index (χ1n) is 9.63. The van der Waals surface area contributed by atoms with E-state index in [9.17, 15) is 14.7 Å². The normalized spacial score (nSPS) is 12.3. The van der Waals surface area contributed by atoms with Crippen molar-refractivity contribution in [1.29, 1.82) is 0 Å². The summed E-state index contributed by atoms with van der Waals surface area (Å²) in [6.07, 6.45) is 0.965. The Kier molecular flexibility index (Phi) is 7.15. The first kappa shape index (κ1) is 21.9. The number of aryl methyl sites for hydroxylation is 1. The highest BCUT2D eigenvalue weighted by atomic mass is 32.1. The number of nitrogens with zero attached hydrogens (tertiary/aromatic N) is 2. The van der Waals surface area contributed by atoms with Crippen LogP contribution in [0.2, 0.25) is 0 Å². The fourth-order valence-electron chi connectivity index (χ4n) is 3.27. The van der Waals surface area contributed by atoms with Crippen molar-refractivity contribution >= 4 is 27.5 Å². The van der Waals surface area contributed by atoms with Crippen LogP contribution in [0.5, 0.6) is 0 Å². The molecular weight excluding hydrogens is 402 g/mol. The number of esters is 1. The maximum absolute atomic E-state index is 12.7. The van der Waals surface area contributed by atoms with E-state index in [0.717, 1.165) is 16.9 Å². The number of ether oxygens (including phenoxy) is 1. The Balaban J connectivity index is 1.89. The van der Waals surface area contributed by atoms with Gasteiger partial charge in [-0.15, -0.1) is 11.3 Å². The van der Waals surface area contributed by atoms with Crippen LogP contribution >= 0.6 is 11.3 Å². The van der Waals surface area contributed by atoms with E-state index in [4.69, 9.17) is 4.74 Å². The molecular formula is C22H25N3O4S. The lowest BCUT2D eigenvalue weighted by Crippen LogP contribution is -2.31. The lowest BCUT2D eigenvalue weighted by molar-refractivity contribution is 0.0554. The number of aliphatic hydroxyl groups excluding tert-OH is 1. The minimum absolute atomic E-state index is 0.106. The molecule has 30 heavy (non-hydrogen) atoms. The van der Waals surface area contributed by atoms with Gasteiger partial charge in [-0.3, -0.25) is 9.69 Å². The molecule has 0 saturated heterocycles. The van der Waals surface area contributed by atoms with E-state index in [1.54, 1.807) is 13.8 Å². The standard InChI is InChI=1S/C22H25N3O4S/c1-4-10-29-22(28)19-15(3)18-20(27)23-17(24-21(18)30-19)13-25(11-14(2)26)12-16-8-6-5-7-9-16/h4-9,14,26H,1,10-13H2,2-3H3,(H,23,24,27)/t14-/m0/s1. The van der Waals surface area contributed by atoms with Crippen LogP contribution in [0.25, 0.3) is 10.2 Å². The van der Waals surface area contributed by atoms with Gasteiger partial charge in [-0.2, -0.15) is 0 Å². The molecule has 0 aliphatic carbocycles. The largest absolute Gasteiger partial charge is 0.457 e. The number of aromatic amines is 1. The van der Waals surface area contributed by atoms with E-state index in [-0.39, 0.29) is 12.2 Å². The molecule has 1 aromatic carbocycles. The molecule has 1 atom stereocenters. The van der Waals surface area contributed by atoms with Crippen LogP contribution in [-0.4, -0.2) is 45.2 Å². The molecule has 3 aromatic rings. The number of rotatable bonds is 9. The number of hydrogen-bond donors (Lipinski definition) is 2. The average molecular weight is 428 g/mol. The first-order valence-corrected chi connectivity index (χ1v) is 10.4. The summed E-state index contributed by atoms with van der Waals surface area (Å²) in [5.41, 5.74) is 1.37. The third-order valence-electron chi connectivity index (χ3n) is 4.51. The fraction of sp³-hybridized carbons (Fsp3) is 0.318. The van der Waals surface area contributed by atoms with E-state index in [1.165, 1.54) is 6.08 Å². The second-order valence-electron chi connectivity index (χ2n) is 7.14. The van der Waals surface area contributed by atoms with Gasteiger partial charge in [-0.1, -0.05) is 43.0 Å². The van der Waals surface area contributed by atoms with Gasteiger partial charge in [0, 0.05) is 13.1 Å². The second-order valence-corrected chi connectivity index (χ2v) is 8.14. The summed E-state index contributed by atoms with van der Waals surface area (Å²) < 4.78 is 5.11. The molecule has 0 fully saturated rings. The summed E-state index contributed by atoms with van der Waals surface area (Å²) in [5.74, 6) is -0.00694. The minimum atomic E-state index is -0.528. The van der Waals surface area contributed by atoms with Crippen molar-refractivity contribution in [2.75, 3.05) is 13.2 Å². The van der Waals surface area contributed by atoms with Gasteiger partial charge in [0.05, 0.1) is 18.0 Å². The number of H-pyrrole nitrogens is 1. The molecule has 0 saturated carbocycles. The molecule has 2 aromatic heterocycles. The SMILES string of the molecule is C=CCOC(=O)c1sc2nc(CN(Cc3ccccc3)C[C@H](C)O)[nH]c(=O)c2c1C. The molecule has 0 aliphatic rings. The number of aliphatic hydroxyl groups is 1. The van der Waals surface area contributed by atoms with Crippen LogP contribution < -0.4 is 5.56 Å². The minimum Gasteiger partial charge on any atom is -0.457 e. The number of thiophene rings is 1. The molecule has 2 heterocycles. The molecule has 158 valence electrons. The maximum Gasteiger partial charge on any atom is 0.348 e. The van der Waals surface area contributed by atoms with Crippen molar-refractivity contribution in [3.05, 3.63) is 75.2 Å². The first-order chi connectivity index (χ1) is 14.4. The molecule has 0 radical (unpaired) electrons. The lowest BCUT2D eigenvalue weighted by Gasteiger charge is -2.23. The van der Waals surface area contributed by atoms with Gasteiger partial charge in [0.15, 0.2) is 0 Å². The fourth-order valence-corrected chi connectivity index (χ4v) is 4.36. The Morgan fingerprint density at radius 2 is 2.10 bits per heavy atom. The van der Waals surface area contributed by atoms with Gasteiger partial charge in [0.25, 0.3) is 5.56 Å². The summed E-state index contributed by atoms with van der Waals surface area (Å²) in [6.45, 7) is 8.47. The van der Waals surface area contributed by atoms with Crippen molar-refractivity contribution in [3.8, 4) is 0 Å². The van der Waals surface area contributed by atoms with Gasteiger partial charge in [0.1, 0.15) is 22.1 Å². The van der Waals surface area contributed by atoms with E-state index >= 15 is 0 Å². The number of fused-ring (bicyclic) bond motifs is 1. The summed E-state index contributed by atoms with van der Waals surface area (Å²) in [7, 11) is 0. The highest BCUT2D eigenvalue weighted by Crippen LogP contribution is 2.27. The Labute approximate surface area is 178 Å². The van der Waals surface area contributed by atoms with Crippen molar-refractivity contribution in [3.63, 3.8) is 0 Å². The van der Waals surface area contributed by atoms with Gasteiger partial charge in [-0.05, 0) is 25.0 Å². The Morgan fingerprint density at radius 1 is 1.37 bits per heavy atom. The predicted octanol–water partition coefficient (Wildman–Crippen LogP) is 3.02. The number of carbonyl (C=O) groups is 1. The Bertz CT molecular complexity index is 1090. The second kappa shape index (κ2) is 9.80. The van der Waals surface area contributed by atoms with Crippen LogP contribution in [0.4, 0.5) is 0 Å². The quantitative estimate of drug-likeness (QED) is 0.403. The maximum atomic E-state index is 12.7. The third kappa shape index (κ3) is 5.21. The van der Waals surface area contributed by atoms with Crippen molar-refractivity contribution in [1.82, 2.24) is 14.9 Å². The average Bonchev–Trinajstić information content (AvgIpc) is 3.03. The van der Waals surface area contributed by atoms with Crippen molar-refractivity contribution in [2.45, 2.75) is 33.0 Å². The van der Waals surface area contributed by atoms with Crippen LogP contribution in [0.3, 0.4) is 0 Å². The van der Waals surface area contributed by atoms with Crippen LogP contribution in [0.15, 0.2) is 47.8 Å². The topological polar surface area (TPSA) is 95.5 Å². The molecule has 0 spiro atoms. The molecule has 2 N–H and O–H groups in total. The zero-order valence-electron chi connectivity index (χ0n) is 17.1. The lowest BCUT2D eigenvalue weighted by atomic mass is 10.2. The van der Waals surface area contributed by atoms with E-state index in [0.29, 0.717) is 46.1 Å². The smallest absolute Gasteiger partial charge is 0.348 e. The predicted molar refractivity (Wildman–Crippen MR) is 118 cm³/mol. The van der Waals surface area contributed by atoms with Gasteiger partial charge in [-0.25, -0.2) is 9.78 Å². The Morgan fingerprint density at radius 3 is 2.77 bits per heavy atom. The summed E-state index contributed by atoms with van der Waals surface area (Å²) in [4.78, 5) is 35.2. The number of nitrogens with one attached hydrogen (secondary N) is 1. The highest BCUT2D eigenvalue weighted by Gasteiger charge is 2.21. The highest BCUT2D eigenvalue weighted by molar-refractivity contribution is 7.20. The van der Waals surface area contributed by atoms with Crippen LogP contribution in [0, 0.1) is 6.92 Å². The third-order valence-corrected chi connectivity index (χ3v) is 5.68. The summed E-state index contributed by atoms with van der Waals surface area (Å²) in [5, 5.41) is 10.3. The number of aromatic nitrogens is 2. The molecule has 8 heteroatoms. The number of hydrogen-bond acceptors (Lipinski definition) is 7. The van der Waals surface area contributed by atoms with Gasteiger partial charge < -0.3 is 14.8 Å². The van der Waals surface area contributed by atoms with E-state index in [2.05, 4.69) is 16.5 Å². The van der Waals surface area contributed by atoms with Gasteiger partial charge in [0.2, 0.25) is 0 Å². The number of carbonyl (C=O) groups excluding carboxylic acids is 1. The van der Waals surface area contributed by atoms with Crippen molar-refractivity contribution in [2.24, 2.45) is 0 Å². The zero-order valence-corrected chi connectivity index (χ0v) is 17.9. The van der Waals surface area contributed by atoms with E-state index in [1.807, 2.05) is 35.2 Å². The van der Waals surface area contributed by atoms with Crippen LogP contribution in [0.1, 0.15) is 33.5 Å². The number of benzene rings is 1. The van der Waals surface area contributed by atoms with Crippen LogP contribution in [-0.2, 0) is 17.8 Å². The molecule has 0 amide bonds. The van der Waals surface area contributed by atoms with Gasteiger partial charge >= 0.3 is 5.97 Å². The summed E-state index contributed by atoms with van der Waals surface area (Å²) in [6, 6.07) is 9.90. The zero-order chi connectivity index (χ0) is 21.7. The molecule has 3 rings (SSSR count). The molecule has 0 unspecified atom stereocenters. The van der Waals surface area contributed by atoms with E-state index < -0.39 is 12.1 Å². The molecule has 0 aliphatic heterocycles. The summed E-state index contributed by atoms with van der Waals surface area (Å²) >= 11 is 1.15.